The number of amides is 3. The Morgan fingerprint density at radius 3 is 2.69 bits per heavy atom. The molecule has 0 aromatic heterocycles. The monoisotopic (exact) mass is 620 g/mol. The minimum absolute atomic E-state index is 0.0481. The summed E-state index contributed by atoms with van der Waals surface area (Å²) in [5, 5.41) is 5.58. The summed E-state index contributed by atoms with van der Waals surface area (Å²) in [5.74, 6) is -2.36. The number of ether oxygens (including phenoxy) is 1. The lowest BCUT2D eigenvalue weighted by Crippen LogP contribution is -2.59. The van der Waals surface area contributed by atoms with Crippen molar-refractivity contribution >= 4 is 39.3 Å². The third-order valence-corrected chi connectivity index (χ3v) is 8.35. The van der Waals surface area contributed by atoms with Gasteiger partial charge in [0.15, 0.2) is 0 Å². The smallest absolute Gasteiger partial charge is 0.383 e. The molecule has 2 heterocycles. The molecular weight excluding hydrogens is 588 g/mol. The van der Waals surface area contributed by atoms with Gasteiger partial charge in [-0.05, 0) is 37.3 Å². The number of carbonyl (C=O) groups is 3. The van der Waals surface area contributed by atoms with Crippen molar-refractivity contribution < 1.29 is 36.7 Å². The SMILES string of the molecule is COCCN(C)C(=O)c1cc(Br)cc(C(F)(F)F)c1N1CC[C@@H](NC(=O)C2CC(=O)NC3C(F)CCCC23)C1. The van der Waals surface area contributed by atoms with E-state index in [4.69, 9.17) is 4.74 Å². The molecule has 3 amide bonds. The summed E-state index contributed by atoms with van der Waals surface area (Å²) in [4.78, 5) is 41.5. The number of benzene rings is 1. The first-order valence-electron chi connectivity index (χ1n) is 13.0. The molecule has 2 saturated heterocycles. The molecule has 1 aromatic carbocycles. The van der Waals surface area contributed by atoms with Crippen molar-refractivity contribution in [1.82, 2.24) is 15.5 Å². The lowest BCUT2D eigenvalue weighted by molar-refractivity contribution is -0.139. The number of anilines is 1. The molecule has 1 aliphatic carbocycles. The molecule has 5 atom stereocenters. The Hall–Kier alpha value is -2.41. The van der Waals surface area contributed by atoms with Gasteiger partial charge < -0.3 is 25.2 Å². The molecule has 3 fully saturated rings. The van der Waals surface area contributed by atoms with Crippen LogP contribution in [-0.4, -0.2) is 81.3 Å². The van der Waals surface area contributed by atoms with E-state index < -0.39 is 41.8 Å². The Morgan fingerprint density at radius 1 is 1.26 bits per heavy atom. The van der Waals surface area contributed by atoms with Crippen LogP contribution in [0.3, 0.4) is 0 Å². The Kier molecular flexibility index (Phi) is 9.09. The number of nitrogens with one attached hydrogen (secondary N) is 2. The van der Waals surface area contributed by atoms with E-state index >= 15 is 0 Å². The first-order valence-corrected chi connectivity index (χ1v) is 13.8. The number of hydrogen-bond acceptors (Lipinski definition) is 5. The number of carbonyl (C=O) groups excluding carboxylic acids is 3. The summed E-state index contributed by atoms with van der Waals surface area (Å²) in [7, 11) is 2.96. The van der Waals surface area contributed by atoms with E-state index in [0.717, 1.165) is 6.07 Å². The van der Waals surface area contributed by atoms with Gasteiger partial charge in [0.2, 0.25) is 11.8 Å². The quantitative estimate of drug-likeness (QED) is 0.455. The fourth-order valence-electron chi connectivity index (χ4n) is 5.95. The van der Waals surface area contributed by atoms with Crippen LogP contribution >= 0.6 is 15.9 Å². The second kappa shape index (κ2) is 12.0. The summed E-state index contributed by atoms with van der Waals surface area (Å²) in [6.07, 6.45) is -4.05. The molecule has 0 spiro atoms. The molecule has 2 N–H and O–H groups in total. The van der Waals surface area contributed by atoms with E-state index in [9.17, 15) is 31.9 Å². The van der Waals surface area contributed by atoms with Gasteiger partial charge in [-0.3, -0.25) is 14.4 Å². The highest BCUT2D eigenvalue weighted by Crippen LogP contribution is 2.42. The zero-order chi connectivity index (χ0) is 28.5. The van der Waals surface area contributed by atoms with Crippen molar-refractivity contribution in [3.8, 4) is 0 Å². The Balaban J connectivity index is 1.55. The van der Waals surface area contributed by atoms with Crippen molar-refractivity contribution in [3.63, 3.8) is 0 Å². The van der Waals surface area contributed by atoms with Crippen LogP contribution in [0.2, 0.25) is 0 Å². The zero-order valence-corrected chi connectivity index (χ0v) is 23.4. The molecule has 1 aromatic rings. The molecule has 2 aliphatic heterocycles. The van der Waals surface area contributed by atoms with Crippen molar-refractivity contribution in [1.29, 1.82) is 0 Å². The first-order chi connectivity index (χ1) is 18.4. The second-order valence-electron chi connectivity index (χ2n) is 10.5. The van der Waals surface area contributed by atoms with Gasteiger partial charge in [0, 0.05) is 50.7 Å². The van der Waals surface area contributed by atoms with Crippen LogP contribution < -0.4 is 15.5 Å². The highest BCUT2D eigenvalue weighted by molar-refractivity contribution is 9.10. The molecule has 216 valence electrons. The van der Waals surface area contributed by atoms with Gasteiger partial charge in [-0.25, -0.2) is 4.39 Å². The number of rotatable bonds is 7. The van der Waals surface area contributed by atoms with Crippen molar-refractivity contribution in [2.75, 3.05) is 45.3 Å². The number of piperidine rings is 1. The minimum atomic E-state index is -4.73. The van der Waals surface area contributed by atoms with Crippen molar-refractivity contribution in [2.24, 2.45) is 11.8 Å². The van der Waals surface area contributed by atoms with E-state index in [2.05, 4.69) is 26.6 Å². The largest absolute Gasteiger partial charge is 0.418 e. The van der Waals surface area contributed by atoms with Crippen LogP contribution in [0.4, 0.5) is 23.2 Å². The van der Waals surface area contributed by atoms with Crippen LogP contribution in [-0.2, 0) is 20.5 Å². The van der Waals surface area contributed by atoms with Crippen LogP contribution in [0.25, 0.3) is 0 Å². The van der Waals surface area contributed by atoms with Crippen LogP contribution in [0, 0.1) is 11.8 Å². The van der Waals surface area contributed by atoms with E-state index in [-0.39, 0.29) is 66.1 Å². The Morgan fingerprint density at radius 2 is 2.00 bits per heavy atom. The number of likely N-dealkylation sites (N-methyl/N-ethyl adjacent to an activating group) is 1. The molecule has 39 heavy (non-hydrogen) atoms. The molecule has 3 aliphatic rings. The van der Waals surface area contributed by atoms with E-state index in [0.29, 0.717) is 25.7 Å². The molecular formula is C26H33BrF4N4O4. The summed E-state index contributed by atoms with van der Waals surface area (Å²) in [5.41, 5.74) is -1.29. The molecule has 0 bridgehead atoms. The lowest BCUT2D eigenvalue weighted by Gasteiger charge is -2.42. The average molecular weight is 621 g/mol. The molecule has 4 rings (SSSR count). The van der Waals surface area contributed by atoms with E-state index in [1.165, 1.54) is 30.0 Å². The lowest BCUT2D eigenvalue weighted by atomic mass is 9.71. The number of halogens is 5. The van der Waals surface area contributed by atoms with Crippen molar-refractivity contribution in [2.45, 2.75) is 56.5 Å². The van der Waals surface area contributed by atoms with Gasteiger partial charge in [-0.15, -0.1) is 0 Å². The summed E-state index contributed by atoms with van der Waals surface area (Å²) < 4.78 is 62.1. The van der Waals surface area contributed by atoms with E-state index in [1.54, 1.807) is 0 Å². The normalized spacial score (nSPS) is 27.1. The first kappa shape index (κ1) is 29.6. The maximum absolute atomic E-state index is 14.5. The number of hydrogen-bond donors (Lipinski definition) is 2. The summed E-state index contributed by atoms with van der Waals surface area (Å²) in [6.45, 7) is 0.649. The summed E-state index contributed by atoms with van der Waals surface area (Å²) in [6, 6.07) is 1.13. The third kappa shape index (κ3) is 6.50. The van der Waals surface area contributed by atoms with Crippen LogP contribution in [0.5, 0.6) is 0 Å². The third-order valence-electron chi connectivity index (χ3n) is 7.89. The number of methoxy groups -OCH3 is 1. The van der Waals surface area contributed by atoms with Gasteiger partial charge in [-0.1, -0.05) is 22.4 Å². The zero-order valence-electron chi connectivity index (χ0n) is 21.8. The average Bonchev–Trinajstić information content (AvgIpc) is 3.33. The molecule has 1 saturated carbocycles. The van der Waals surface area contributed by atoms with Crippen LogP contribution in [0.1, 0.15) is 48.0 Å². The van der Waals surface area contributed by atoms with Crippen LogP contribution in [0.15, 0.2) is 16.6 Å². The minimum Gasteiger partial charge on any atom is -0.383 e. The highest BCUT2D eigenvalue weighted by Gasteiger charge is 2.46. The fourth-order valence-corrected chi connectivity index (χ4v) is 6.41. The van der Waals surface area contributed by atoms with Gasteiger partial charge >= 0.3 is 6.18 Å². The maximum Gasteiger partial charge on any atom is 0.418 e. The second-order valence-corrected chi connectivity index (χ2v) is 11.4. The molecule has 8 nitrogen and oxygen atoms in total. The fraction of sp³-hybridized carbons (Fsp3) is 0.654. The summed E-state index contributed by atoms with van der Waals surface area (Å²) >= 11 is 3.11. The van der Waals surface area contributed by atoms with Gasteiger partial charge in [0.05, 0.1) is 35.4 Å². The number of nitrogens with zero attached hydrogens (tertiary/aromatic N) is 2. The molecule has 0 radical (unpaired) electrons. The van der Waals surface area contributed by atoms with Gasteiger partial charge in [0.1, 0.15) is 6.17 Å². The predicted molar refractivity (Wildman–Crippen MR) is 139 cm³/mol. The number of fused-ring (bicyclic) bond motifs is 1. The maximum atomic E-state index is 14.5. The molecule has 4 unspecified atom stereocenters. The predicted octanol–water partition coefficient (Wildman–Crippen LogP) is 3.52. The van der Waals surface area contributed by atoms with Gasteiger partial charge in [-0.2, -0.15) is 13.2 Å². The molecule has 13 heteroatoms. The van der Waals surface area contributed by atoms with Crippen molar-refractivity contribution in [3.05, 3.63) is 27.7 Å². The topological polar surface area (TPSA) is 91.0 Å². The Labute approximate surface area is 232 Å². The van der Waals surface area contributed by atoms with Gasteiger partial charge in [0.25, 0.3) is 5.91 Å². The standard InChI is InChI=1S/C26H33BrF4N4O4/c1-34(8-9-39-2)25(38)18-10-14(27)11-19(26(29,30)31)23(18)35-7-6-15(13-35)32-24(37)17-12-21(36)33-22-16(17)4-3-5-20(22)28/h10-11,15-17,20,22H,3-9,12-13H2,1-2H3,(H,32,37)(H,33,36)/t15-,16?,17?,20?,22?/m1/s1. The number of alkyl halides is 4. The van der Waals surface area contributed by atoms with E-state index in [1.807, 2.05) is 0 Å². The highest BCUT2D eigenvalue weighted by atomic mass is 79.9. The Bertz CT molecular complexity index is 1100.